The van der Waals surface area contributed by atoms with E-state index in [1.54, 1.807) is 11.8 Å². The summed E-state index contributed by atoms with van der Waals surface area (Å²) in [7, 11) is -3.86. The second kappa shape index (κ2) is 7.17. The van der Waals surface area contributed by atoms with Crippen molar-refractivity contribution in [2.24, 2.45) is 0 Å². The number of likely N-dealkylation sites (tertiary alicyclic amines) is 1. The second-order valence-corrected chi connectivity index (χ2v) is 7.84. The maximum Gasteiger partial charge on any atom is 0.245 e. The molecule has 0 saturated carbocycles. The van der Waals surface area contributed by atoms with Gasteiger partial charge in [0.25, 0.3) is 0 Å². The molecule has 8 heteroatoms. The summed E-state index contributed by atoms with van der Waals surface area (Å²) in [6.07, 6.45) is 1.93. The van der Waals surface area contributed by atoms with Crippen LogP contribution in [-0.4, -0.2) is 49.7 Å². The molecule has 5 nitrogen and oxygen atoms in total. The summed E-state index contributed by atoms with van der Waals surface area (Å²) in [6.45, 7) is 3.07. The van der Waals surface area contributed by atoms with Gasteiger partial charge in [0.2, 0.25) is 15.9 Å². The molecule has 0 spiro atoms. The third-order valence-corrected chi connectivity index (χ3v) is 6.27. The minimum Gasteiger partial charge on any atom is -0.342 e. The number of carbonyl (C=O) groups excluding carboxylic acids is 1. The predicted octanol–water partition coefficient (Wildman–Crippen LogP) is 2.63. The van der Waals surface area contributed by atoms with Crippen molar-refractivity contribution in [3.05, 3.63) is 28.2 Å². The van der Waals surface area contributed by atoms with E-state index < -0.39 is 10.0 Å². The molecular formula is C14H18Cl2N2O3S. The monoisotopic (exact) mass is 364 g/mol. The number of likely N-dealkylation sites (N-methyl/N-ethyl adjacent to an activating group) is 1. The van der Waals surface area contributed by atoms with Crippen LogP contribution in [0.4, 0.5) is 0 Å². The molecule has 0 unspecified atom stereocenters. The van der Waals surface area contributed by atoms with Crippen molar-refractivity contribution in [1.29, 1.82) is 0 Å². The Balaban J connectivity index is 2.24. The van der Waals surface area contributed by atoms with Gasteiger partial charge in [-0.15, -0.1) is 0 Å². The third kappa shape index (κ3) is 3.74. The van der Waals surface area contributed by atoms with Gasteiger partial charge in [0.1, 0.15) is 4.90 Å². The number of benzene rings is 1. The van der Waals surface area contributed by atoms with E-state index in [1.807, 2.05) is 0 Å². The molecule has 0 aromatic heterocycles. The minimum absolute atomic E-state index is 0.0715. The van der Waals surface area contributed by atoms with Crippen LogP contribution in [0.15, 0.2) is 23.1 Å². The standard InChI is InChI=1S/C14H18Cl2N2O3S/c1-2-18(10-14(19)17-7-3-4-8-17)22(20,21)13-9-11(15)5-6-12(13)16/h5-6,9H,2-4,7-8,10H2,1H3. The third-order valence-electron chi connectivity index (χ3n) is 3.63. The van der Waals surface area contributed by atoms with Crippen LogP contribution in [0.25, 0.3) is 0 Å². The zero-order valence-corrected chi connectivity index (χ0v) is 14.6. The first kappa shape index (κ1) is 17.5. The molecule has 0 N–H and O–H groups in total. The normalized spacial score (nSPS) is 15.5. The molecular weight excluding hydrogens is 347 g/mol. The largest absolute Gasteiger partial charge is 0.342 e. The highest BCUT2D eigenvalue weighted by Crippen LogP contribution is 2.27. The molecule has 1 aromatic rings. The topological polar surface area (TPSA) is 57.7 Å². The maximum absolute atomic E-state index is 12.7. The van der Waals surface area contributed by atoms with E-state index in [1.165, 1.54) is 18.2 Å². The Morgan fingerprint density at radius 2 is 1.91 bits per heavy atom. The van der Waals surface area contributed by atoms with Crippen molar-refractivity contribution in [2.75, 3.05) is 26.2 Å². The van der Waals surface area contributed by atoms with Crippen LogP contribution in [0.3, 0.4) is 0 Å². The molecule has 1 heterocycles. The Bertz CT molecular complexity index is 658. The Labute approximate surface area is 140 Å². The zero-order valence-electron chi connectivity index (χ0n) is 12.3. The molecule has 2 rings (SSSR count). The molecule has 1 aliphatic heterocycles. The smallest absolute Gasteiger partial charge is 0.245 e. The highest BCUT2D eigenvalue weighted by molar-refractivity contribution is 7.89. The van der Waals surface area contributed by atoms with E-state index in [-0.39, 0.29) is 33.9 Å². The molecule has 0 aliphatic carbocycles. The van der Waals surface area contributed by atoms with Crippen molar-refractivity contribution >= 4 is 39.1 Å². The van der Waals surface area contributed by atoms with Crippen molar-refractivity contribution in [1.82, 2.24) is 9.21 Å². The Hall–Kier alpha value is -0.820. The highest BCUT2D eigenvalue weighted by atomic mass is 35.5. The first-order valence-corrected chi connectivity index (χ1v) is 9.29. The van der Waals surface area contributed by atoms with Gasteiger partial charge in [0.15, 0.2) is 0 Å². The molecule has 0 bridgehead atoms. The van der Waals surface area contributed by atoms with Crippen LogP contribution in [0, 0.1) is 0 Å². The number of hydrogen-bond donors (Lipinski definition) is 0. The molecule has 1 aliphatic rings. The van der Waals surface area contributed by atoms with Crippen LogP contribution < -0.4 is 0 Å². The van der Waals surface area contributed by atoms with Crippen molar-refractivity contribution in [2.45, 2.75) is 24.7 Å². The molecule has 122 valence electrons. The number of hydrogen-bond acceptors (Lipinski definition) is 3. The summed E-state index contributed by atoms with van der Waals surface area (Å²) in [5.74, 6) is -0.180. The summed E-state index contributed by atoms with van der Waals surface area (Å²) in [6, 6.07) is 4.27. The quantitative estimate of drug-likeness (QED) is 0.806. The van der Waals surface area contributed by atoms with Gasteiger partial charge in [-0.25, -0.2) is 8.42 Å². The number of rotatable bonds is 5. The van der Waals surface area contributed by atoms with Crippen molar-refractivity contribution in [3.63, 3.8) is 0 Å². The van der Waals surface area contributed by atoms with Crippen molar-refractivity contribution < 1.29 is 13.2 Å². The summed E-state index contributed by atoms with van der Waals surface area (Å²) in [4.78, 5) is 13.8. The highest BCUT2D eigenvalue weighted by Gasteiger charge is 2.29. The molecule has 0 radical (unpaired) electrons. The van der Waals surface area contributed by atoms with E-state index in [0.717, 1.165) is 17.1 Å². The van der Waals surface area contributed by atoms with Crippen molar-refractivity contribution in [3.8, 4) is 0 Å². The lowest BCUT2D eigenvalue weighted by Crippen LogP contribution is -2.41. The van der Waals surface area contributed by atoms with Gasteiger partial charge in [0.05, 0.1) is 11.6 Å². The van der Waals surface area contributed by atoms with Gasteiger partial charge in [-0.3, -0.25) is 4.79 Å². The van der Waals surface area contributed by atoms with E-state index in [0.29, 0.717) is 13.1 Å². The van der Waals surface area contributed by atoms with Gasteiger partial charge in [0, 0.05) is 24.7 Å². The Kier molecular flexibility index (Phi) is 5.71. The summed E-state index contributed by atoms with van der Waals surface area (Å²) >= 11 is 11.8. The van der Waals surface area contributed by atoms with Gasteiger partial charge in [-0.05, 0) is 31.0 Å². The lowest BCUT2D eigenvalue weighted by atomic mass is 10.4. The molecule has 22 heavy (non-hydrogen) atoms. The van der Waals surface area contributed by atoms with Gasteiger partial charge in [-0.2, -0.15) is 4.31 Å². The van der Waals surface area contributed by atoms with Crippen LogP contribution >= 0.6 is 23.2 Å². The first-order chi connectivity index (χ1) is 10.4. The van der Waals surface area contributed by atoms with Gasteiger partial charge in [-0.1, -0.05) is 30.1 Å². The fourth-order valence-electron chi connectivity index (χ4n) is 2.40. The van der Waals surface area contributed by atoms with E-state index in [9.17, 15) is 13.2 Å². The number of nitrogens with zero attached hydrogens (tertiary/aromatic N) is 2. The SMILES string of the molecule is CCN(CC(=O)N1CCCC1)S(=O)(=O)c1cc(Cl)ccc1Cl. The average Bonchev–Trinajstić information content (AvgIpc) is 3.01. The fraction of sp³-hybridized carbons (Fsp3) is 0.500. The lowest BCUT2D eigenvalue weighted by molar-refractivity contribution is -0.130. The van der Waals surface area contributed by atoms with E-state index in [2.05, 4.69) is 0 Å². The maximum atomic E-state index is 12.7. The Morgan fingerprint density at radius 1 is 1.27 bits per heavy atom. The number of halogens is 2. The first-order valence-electron chi connectivity index (χ1n) is 7.09. The number of sulfonamides is 1. The summed E-state index contributed by atoms with van der Waals surface area (Å²) in [5.41, 5.74) is 0. The number of amides is 1. The zero-order chi connectivity index (χ0) is 16.3. The van der Waals surface area contributed by atoms with Gasteiger partial charge >= 0.3 is 0 Å². The fourth-order valence-corrected chi connectivity index (χ4v) is 4.53. The molecule has 1 amide bonds. The van der Waals surface area contributed by atoms with Gasteiger partial charge < -0.3 is 4.90 Å². The predicted molar refractivity (Wildman–Crippen MR) is 86.7 cm³/mol. The molecule has 1 aromatic carbocycles. The van der Waals surface area contributed by atoms with Crippen LogP contribution in [-0.2, 0) is 14.8 Å². The molecule has 1 saturated heterocycles. The van der Waals surface area contributed by atoms with E-state index >= 15 is 0 Å². The lowest BCUT2D eigenvalue weighted by Gasteiger charge is -2.23. The average molecular weight is 365 g/mol. The van der Waals surface area contributed by atoms with Crippen LogP contribution in [0.2, 0.25) is 10.0 Å². The summed E-state index contributed by atoms with van der Waals surface area (Å²) in [5, 5.41) is 0.376. The Morgan fingerprint density at radius 3 is 2.50 bits per heavy atom. The van der Waals surface area contributed by atoms with E-state index in [4.69, 9.17) is 23.2 Å². The minimum atomic E-state index is -3.86. The van der Waals surface area contributed by atoms with Crippen LogP contribution in [0.1, 0.15) is 19.8 Å². The summed E-state index contributed by atoms with van der Waals surface area (Å²) < 4.78 is 26.5. The molecule has 1 fully saturated rings. The number of carbonyl (C=O) groups is 1. The van der Waals surface area contributed by atoms with Crippen LogP contribution in [0.5, 0.6) is 0 Å². The molecule has 0 atom stereocenters. The second-order valence-electron chi connectivity index (χ2n) is 5.09.